The van der Waals surface area contributed by atoms with Gasteiger partial charge in [-0.1, -0.05) is 26.0 Å². The van der Waals surface area contributed by atoms with Crippen LogP contribution in [0.2, 0.25) is 0 Å². The molecule has 10 nitrogen and oxygen atoms in total. The van der Waals surface area contributed by atoms with Crippen molar-refractivity contribution < 1.29 is 29.2 Å². The number of barbiturate groups is 1. The van der Waals surface area contributed by atoms with Gasteiger partial charge in [0.05, 0.1) is 17.7 Å². The smallest absolute Gasteiger partial charge is 0.335 e. The third-order valence-electron chi connectivity index (χ3n) is 4.70. The van der Waals surface area contributed by atoms with Gasteiger partial charge in [-0.3, -0.25) is 25.0 Å². The van der Waals surface area contributed by atoms with Crippen LogP contribution in [0, 0.1) is 10.1 Å². The van der Waals surface area contributed by atoms with Crippen LogP contribution in [-0.2, 0) is 9.59 Å². The second-order valence-electron chi connectivity index (χ2n) is 7.03. The Labute approximate surface area is 176 Å². The second kappa shape index (κ2) is 8.27. The average molecular weight is 424 g/mol. The zero-order valence-corrected chi connectivity index (χ0v) is 16.9. The predicted molar refractivity (Wildman–Crippen MR) is 109 cm³/mol. The van der Waals surface area contributed by atoms with Crippen LogP contribution in [0.4, 0.5) is 16.2 Å². The molecule has 0 aliphatic carbocycles. The van der Waals surface area contributed by atoms with Crippen molar-refractivity contribution in [2.24, 2.45) is 0 Å². The minimum Gasteiger partial charge on any atom is -0.865 e. The highest BCUT2D eigenvalue weighted by atomic mass is 16.6. The first-order chi connectivity index (χ1) is 14.6. The van der Waals surface area contributed by atoms with E-state index in [4.69, 9.17) is 4.74 Å². The summed E-state index contributed by atoms with van der Waals surface area (Å²) in [4.78, 5) is 48.6. The van der Waals surface area contributed by atoms with Gasteiger partial charge in [0.1, 0.15) is 11.3 Å². The number of benzene rings is 2. The van der Waals surface area contributed by atoms with E-state index in [0.29, 0.717) is 0 Å². The maximum atomic E-state index is 13.0. The lowest BCUT2D eigenvalue weighted by Crippen LogP contribution is -2.54. The van der Waals surface area contributed by atoms with E-state index in [9.17, 15) is 29.6 Å². The van der Waals surface area contributed by atoms with Crippen LogP contribution >= 0.6 is 0 Å². The first-order valence-electron chi connectivity index (χ1n) is 9.19. The average Bonchev–Trinajstić information content (AvgIpc) is 2.72. The lowest BCUT2D eigenvalue weighted by molar-refractivity contribution is -0.398. The Morgan fingerprint density at radius 3 is 2.32 bits per heavy atom. The molecule has 0 radical (unpaired) electrons. The third kappa shape index (κ3) is 4.08. The molecule has 10 heteroatoms. The number of hydrogen-bond donors (Lipinski definition) is 1. The zero-order chi connectivity index (χ0) is 22.9. The molecule has 1 saturated heterocycles. The van der Waals surface area contributed by atoms with Crippen molar-refractivity contribution in [3.63, 3.8) is 0 Å². The quantitative estimate of drug-likeness (QED) is 0.336. The van der Waals surface area contributed by atoms with Gasteiger partial charge < -0.3 is 9.84 Å². The normalized spacial score (nSPS) is 15.4. The number of nitro groups is 1. The second-order valence-corrected chi connectivity index (χ2v) is 7.03. The summed E-state index contributed by atoms with van der Waals surface area (Å²) in [6, 6.07) is 7.88. The molecular weight excluding hydrogens is 406 g/mol. The van der Waals surface area contributed by atoms with E-state index < -0.39 is 39.8 Å². The highest BCUT2D eigenvalue weighted by molar-refractivity contribution is 6.39. The Morgan fingerprint density at radius 2 is 1.77 bits per heavy atom. The summed E-state index contributed by atoms with van der Waals surface area (Å²) < 4.78 is 4.86. The van der Waals surface area contributed by atoms with Crippen molar-refractivity contribution in [1.29, 1.82) is 0 Å². The van der Waals surface area contributed by atoms with Crippen LogP contribution in [0.5, 0.6) is 11.5 Å². The van der Waals surface area contributed by atoms with Gasteiger partial charge in [-0.05, 0) is 41.3 Å². The molecular formula is C21H18N3O7-. The number of anilines is 1. The molecule has 160 valence electrons. The first-order valence-corrected chi connectivity index (χ1v) is 9.19. The molecule has 0 atom stereocenters. The Balaban J connectivity index is 2.05. The van der Waals surface area contributed by atoms with Gasteiger partial charge in [0.15, 0.2) is 0 Å². The molecule has 0 bridgehead atoms. The predicted octanol–water partition coefficient (Wildman–Crippen LogP) is 2.47. The van der Waals surface area contributed by atoms with Gasteiger partial charge in [0.25, 0.3) is 17.5 Å². The molecule has 0 aromatic heterocycles. The minimum absolute atomic E-state index is 0.0195. The Hall–Kier alpha value is -4.21. The molecule has 4 amide bonds. The molecule has 1 fully saturated rings. The summed E-state index contributed by atoms with van der Waals surface area (Å²) in [5.41, 5.74) is 0.0713. The summed E-state index contributed by atoms with van der Waals surface area (Å²) in [5, 5.41) is 25.2. The van der Waals surface area contributed by atoms with Gasteiger partial charge in [-0.15, -0.1) is 0 Å². The van der Waals surface area contributed by atoms with Crippen LogP contribution < -0.4 is 20.1 Å². The van der Waals surface area contributed by atoms with E-state index in [-0.39, 0.29) is 22.9 Å². The monoisotopic (exact) mass is 424 g/mol. The van der Waals surface area contributed by atoms with Crippen LogP contribution in [0.25, 0.3) is 6.08 Å². The highest BCUT2D eigenvalue weighted by Gasteiger charge is 2.37. The van der Waals surface area contributed by atoms with Gasteiger partial charge in [-0.25, -0.2) is 9.69 Å². The van der Waals surface area contributed by atoms with E-state index in [1.807, 2.05) is 13.8 Å². The van der Waals surface area contributed by atoms with Crippen molar-refractivity contribution in [1.82, 2.24) is 5.32 Å². The van der Waals surface area contributed by atoms with Crippen molar-refractivity contribution in [2.75, 3.05) is 12.0 Å². The van der Waals surface area contributed by atoms with E-state index in [0.717, 1.165) is 29.7 Å². The number of imide groups is 2. The largest absolute Gasteiger partial charge is 0.865 e. The van der Waals surface area contributed by atoms with E-state index in [1.54, 1.807) is 24.3 Å². The summed E-state index contributed by atoms with van der Waals surface area (Å²) in [6.45, 7) is 3.99. The number of carbonyl (C=O) groups excluding carboxylic acids is 3. The summed E-state index contributed by atoms with van der Waals surface area (Å²) in [7, 11) is 1.16. The standard InChI is InChI=1S/C21H19N3O7/c1-11(2)13-4-6-14(7-5-13)23-20(27)15(19(26)22-21(23)28)8-12-9-16(24(29)30)18(25)17(10-12)31-3/h4-11,25H,1-3H3,(H,22,26,28)/p-1/b15-8-. The number of rotatable bonds is 5. The van der Waals surface area contributed by atoms with Gasteiger partial charge in [0.2, 0.25) is 0 Å². The number of ether oxygens (including phenoxy) is 1. The number of methoxy groups -OCH3 is 1. The minimum atomic E-state index is -0.960. The maximum absolute atomic E-state index is 13.0. The SMILES string of the molecule is COc1cc(/C=C2/C(=O)NC(=O)N(c3ccc(C(C)C)cc3)C2=O)cc([N+](=O)[O-])c1[O-]. The van der Waals surface area contributed by atoms with Crippen LogP contribution in [0.1, 0.15) is 30.9 Å². The number of nitrogens with one attached hydrogen (secondary N) is 1. The molecule has 2 aromatic carbocycles. The molecule has 0 unspecified atom stereocenters. The highest BCUT2D eigenvalue weighted by Crippen LogP contribution is 2.35. The fourth-order valence-electron chi connectivity index (χ4n) is 3.05. The van der Waals surface area contributed by atoms with Crippen molar-refractivity contribution in [3.8, 4) is 11.5 Å². The van der Waals surface area contributed by atoms with Crippen molar-refractivity contribution in [2.45, 2.75) is 19.8 Å². The molecule has 1 N–H and O–H groups in total. The third-order valence-corrected chi connectivity index (χ3v) is 4.70. The fourth-order valence-corrected chi connectivity index (χ4v) is 3.05. The van der Waals surface area contributed by atoms with Crippen LogP contribution in [0.15, 0.2) is 42.0 Å². The number of urea groups is 1. The van der Waals surface area contributed by atoms with E-state index in [2.05, 4.69) is 5.32 Å². The maximum Gasteiger partial charge on any atom is 0.335 e. The number of nitro benzene ring substituents is 1. The van der Waals surface area contributed by atoms with E-state index in [1.165, 1.54) is 6.07 Å². The Kier molecular flexibility index (Phi) is 5.73. The summed E-state index contributed by atoms with van der Waals surface area (Å²) >= 11 is 0. The molecule has 1 aliphatic rings. The zero-order valence-electron chi connectivity index (χ0n) is 16.9. The fraction of sp³-hybridized carbons (Fsp3) is 0.190. The summed E-state index contributed by atoms with van der Waals surface area (Å²) in [5.74, 6) is -2.87. The summed E-state index contributed by atoms with van der Waals surface area (Å²) in [6.07, 6.45) is 1.06. The van der Waals surface area contributed by atoms with Crippen LogP contribution in [0.3, 0.4) is 0 Å². The number of hydrogen-bond acceptors (Lipinski definition) is 7. The molecule has 1 aliphatic heterocycles. The molecule has 1 heterocycles. The number of amides is 4. The first kappa shape index (κ1) is 21.5. The lowest BCUT2D eigenvalue weighted by Gasteiger charge is -2.26. The van der Waals surface area contributed by atoms with Crippen molar-refractivity contribution in [3.05, 3.63) is 63.2 Å². The van der Waals surface area contributed by atoms with Gasteiger partial charge in [-0.2, -0.15) is 0 Å². The molecule has 0 saturated carbocycles. The molecule has 31 heavy (non-hydrogen) atoms. The van der Waals surface area contributed by atoms with Crippen molar-refractivity contribution >= 4 is 35.3 Å². The number of nitrogens with zero attached hydrogens (tertiary/aromatic N) is 2. The Bertz CT molecular complexity index is 1120. The lowest BCUT2D eigenvalue weighted by atomic mass is 10.0. The van der Waals surface area contributed by atoms with Gasteiger partial charge >= 0.3 is 6.03 Å². The Morgan fingerprint density at radius 1 is 1.13 bits per heavy atom. The topological polar surface area (TPSA) is 142 Å². The molecule has 2 aromatic rings. The van der Waals surface area contributed by atoms with Gasteiger partial charge in [0, 0.05) is 11.8 Å². The molecule has 0 spiro atoms. The number of carbonyl (C=O) groups is 3. The van der Waals surface area contributed by atoms with E-state index >= 15 is 0 Å². The van der Waals surface area contributed by atoms with Crippen LogP contribution in [-0.4, -0.2) is 29.9 Å². The molecule has 3 rings (SSSR count).